The van der Waals surface area contributed by atoms with Crippen molar-refractivity contribution in [2.75, 3.05) is 6.54 Å². The van der Waals surface area contributed by atoms with Crippen molar-refractivity contribution in [3.8, 4) is 0 Å². The first kappa shape index (κ1) is 14.4. The molecule has 1 nitrogen and oxygen atoms in total. The summed E-state index contributed by atoms with van der Waals surface area (Å²) in [7, 11) is 0. The van der Waals surface area contributed by atoms with E-state index in [0.717, 1.165) is 22.1 Å². The molecule has 0 fully saturated rings. The van der Waals surface area contributed by atoms with Crippen LogP contribution in [0.2, 0.25) is 5.02 Å². The van der Waals surface area contributed by atoms with Gasteiger partial charge in [0.05, 0.1) is 5.02 Å². The fourth-order valence-electron chi connectivity index (χ4n) is 2.02. The Hall–Kier alpha value is -0.960. The average Bonchev–Trinajstić information content (AvgIpc) is 2.38. The second-order valence-electron chi connectivity index (χ2n) is 4.54. The molecule has 0 aromatic heterocycles. The molecule has 0 saturated heterocycles. The highest BCUT2D eigenvalue weighted by atomic mass is 35.5. The van der Waals surface area contributed by atoms with Crippen molar-refractivity contribution >= 4 is 23.4 Å². The molecular weight excluding hydrogens is 274 g/mol. The number of benzene rings is 2. The van der Waals surface area contributed by atoms with E-state index in [9.17, 15) is 0 Å². The maximum Gasteiger partial charge on any atom is 0.0544 e. The van der Waals surface area contributed by atoms with Crippen LogP contribution in [0.25, 0.3) is 0 Å². The van der Waals surface area contributed by atoms with Crippen molar-refractivity contribution in [1.82, 2.24) is 0 Å². The molecule has 0 amide bonds. The Morgan fingerprint density at radius 1 is 1.16 bits per heavy atom. The van der Waals surface area contributed by atoms with Crippen LogP contribution in [-0.2, 0) is 12.2 Å². The summed E-state index contributed by atoms with van der Waals surface area (Å²) in [5, 5.41) is 0.823. The summed E-state index contributed by atoms with van der Waals surface area (Å²) in [6, 6.07) is 14.6. The van der Waals surface area contributed by atoms with Crippen molar-refractivity contribution in [3.05, 3.63) is 64.2 Å². The Morgan fingerprint density at radius 2 is 1.95 bits per heavy atom. The lowest BCUT2D eigenvalue weighted by Gasteiger charge is -2.10. The maximum atomic E-state index is 6.30. The molecule has 0 aliphatic heterocycles. The summed E-state index contributed by atoms with van der Waals surface area (Å²) in [6.07, 6.45) is 0.872. The molecule has 2 rings (SSSR count). The van der Waals surface area contributed by atoms with Crippen LogP contribution in [0.3, 0.4) is 0 Å². The molecule has 2 N–H and O–H groups in total. The van der Waals surface area contributed by atoms with Gasteiger partial charge in [-0.15, -0.1) is 11.8 Å². The van der Waals surface area contributed by atoms with Gasteiger partial charge in [-0.3, -0.25) is 0 Å². The molecule has 0 atom stereocenters. The first-order valence-electron chi connectivity index (χ1n) is 6.36. The molecule has 0 aliphatic carbocycles. The van der Waals surface area contributed by atoms with Crippen LogP contribution in [0.5, 0.6) is 0 Å². The summed E-state index contributed by atoms with van der Waals surface area (Å²) in [5.41, 5.74) is 9.51. The van der Waals surface area contributed by atoms with Gasteiger partial charge in [-0.2, -0.15) is 0 Å². The zero-order chi connectivity index (χ0) is 13.7. The van der Waals surface area contributed by atoms with Gasteiger partial charge in [0.25, 0.3) is 0 Å². The van der Waals surface area contributed by atoms with Crippen molar-refractivity contribution in [2.24, 2.45) is 5.73 Å². The van der Waals surface area contributed by atoms with E-state index in [-0.39, 0.29) is 0 Å². The van der Waals surface area contributed by atoms with Gasteiger partial charge in [-0.25, -0.2) is 0 Å². The predicted octanol–water partition coefficient (Wildman–Crippen LogP) is 4.44. The van der Waals surface area contributed by atoms with Gasteiger partial charge >= 0.3 is 0 Å². The van der Waals surface area contributed by atoms with Crippen LogP contribution < -0.4 is 5.73 Å². The summed E-state index contributed by atoms with van der Waals surface area (Å²) in [4.78, 5) is 1.16. The number of aryl methyl sites for hydroxylation is 1. The van der Waals surface area contributed by atoms with Crippen LogP contribution >= 0.6 is 23.4 Å². The quantitative estimate of drug-likeness (QED) is 0.824. The molecule has 0 aliphatic rings. The number of halogens is 1. The van der Waals surface area contributed by atoms with E-state index >= 15 is 0 Å². The Labute approximate surface area is 124 Å². The van der Waals surface area contributed by atoms with E-state index in [2.05, 4.69) is 37.3 Å². The van der Waals surface area contributed by atoms with Gasteiger partial charge in [0.2, 0.25) is 0 Å². The highest BCUT2D eigenvalue weighted by molar-refractivity contribution is 7.98. The van der Waals surface area contributed by atoms with E-state index in [1.807, 2.05) is 12.1 Å². The molecule has 3 heteroatoms. The number of thioether (sulfide) groups is 1. The number of hydrogen-bond donors (Lipinski definition) is 1. The molecule has 0 unspecified atom stereocenters. The summed E-state index contributed by atoms with van der Waals surface area (Å²) >= 11 is 8.09. The minimum atomic E-state index is 0.651. The van der Waals surface area contributed by atoms with E-state index in [1.54, 1.807) is 11.8 Å². The first-order chi connectivity index (χ1) is 9.20. The fraction of sp³-hybridized carbons (Fsp3) is 0.250. The van der Waals surface area contributed by atoms with Gasteiger partial charge in [0, 0.05) is 10.6 Å². The normalized spacial score (nSPS) is 10.7. The first-order valence-corrected chi connectivity index (χ1v) is 7.73. The highest BCUT2D eigenvalue weighted by Crippen LogP contribution is 2.33. The minimum Gasteiger partial charge on any atom is -0.330 e. The van der Waals surface area contributed by atoms with E-state index in [0.29, 0.717) is 6.54 Å². The topological polar surface area (TPSA) is 26.0 Å². The summed E-state index contributed by atoms with van der Waals surface area (Å²) in [5.74, 6) is 0.934. The van der Waals surface area contributed by atoms with E-state index in [4.69, 9.17) is 17.3 Å². The smallest absolute Gasteiger partial charge is 0.0544 e. The van der Waals surface area contributed by atoms with Gasteiger partial charge in [-0.1, -0.05) is 53.6 Å². The molecule has 0 spiro atoms. The Kier molecular flexibility index (Phi) is 5.32. The fourth-order valence-corrected chi connectivity index (χ4v) is 3.43. The largest absolute Gasteiger partial charge is 0.330 e. The molecule has 0 bridgehead atoms. The lowest BCUT2D eigenvalue weighted by Crippen LogP contribution is -2.03. The van der Waals surface area contributed by atoms with Gasteiger partial charge in [0.15, 0.2) is 0 Å². The third-order valence-electron chi connectivity index (χ3n) is 2.93. The second-order valence-corrected chi connectivity index (χ2v) is 5.94. The van der Waals surface area contributed by atoms with Crippen molar-refractivity contribution in [1.29, 1.82) is 0 Å². The van der Waals surface area contributed by atoms with Crippen LogP contribution in [-0.4, -0.2) is 6.54 Å². The zero-order valence-corrected chi connectivity index (χ0v) is 12.6. The van der Waals surface area contributed by atoms with Crippen molar-refractivity contribution in [2.45, 2.75) is 24.0 Å². The minimum absolute atomic E-state index is 0.651. The second kappa shape index (κ2) is 6.99. The van der Waals surface area contributed by atoms with E-state index < -0.39 is 0 Å². The Bertz CT molecular complexity index is 554. The Balaban J connectivity index is 2.14. The summed E-state index contributed by atoms with van der Waals surface area (Å²) in [6.45, 7) is 2.77. The van der Waals surface area contributed by atoms with Crippen LogP contribution in [0.1, 0.15) is 16.7 Å². The van der Waals surface area contributed by atoms with Crippen molar-refractivity contribution in [3.63, 3.8) is 0 Å². The molecule has 100 valence electrons. The Morgan fingerprint density at radius 3 is 2.68 bits per heavy atom. The van der Waals surface area contributed by atoms with Crippen molar-refractivity contribution < 1.29 is 0 Å². The predicted molar refractivity (Wildman–Crippen MR) is 85.0 cm³/mol. The van der Waals surface area contributed by atoms with Gasteiger partial charge in [-0.05, 0) is 37.1 Å². The molecule has 2 aromatic carbocycles. The SMILES string of the molecule is Cc1cccc(CSc2c(Cl)cccc2CCN)c1. The third-order valence-corrected chi connectivity index (χ3v) is 4.60. The standard InChI is InChI=1S/C16H18ClNS/c1-12-4-2-5-13(10-12)11-19-16-14(8-9-18)6-3-7-15(16)17/h2-7,10H,8-9,11,18H2,1H3. The van der Waals surface area contributed by atoms with Gasteiger partial charge in [0.1, 0.15) is 0 Å². The lowest BCUT2D eigenvalue weighted by molar-refractivity contribution is 0.944. The monoisotopic (exact) mass is 291 g/mol. The van der Waals surface area contributed by atoms with Crippen LogP contribution in [0.4, 0.5) is 0 Å². The van der Waals surface area contributed by atoms with E-state index in [1.165, 1.54) is 16.7 Å². The molecule has 2 aromatic rings. The number of hydrogen-bond acceptors (Lipinski definition) is 2. The summed E-state index contributed by atoms with van der Waals surface area (Å²) < 4.78 is 0. The molecular formula is C16H18ClNS. The van der Waals surface area contributed by atoms with Crippen LogP contribution in [0, 0.1) is 6.92 Å². The lowest BCUT2D eigenvalue weighted by atomic mass is 10.1. The maximum absolute atomic E-state index is 6.30. The molecule has 19 heavy (non-hydrogen) atoms. The average molecular weight is 292 g/mol. The number of rotatable bonds is 5. The molecule has 0 saturated carbocycles. The zero-order valence-electron chi connectivity index (χ0n) is 11.0. The van der Waals surface area contributed by atoms with Crippen LogP contribution in [0.15, 0.2) is 47.4 Å². The molecule has 0 heterocycles. The third kappa shape index (κ3) is 4.00. The number of nitrogens with two attached hydrogens (primary N) is 1. The highest BCUT2D eigenvalue weighted by Gasteiger charge is 2.07. The van der Waals surface area contributed by atoms with Gasteiger partial charge < -0.3 is 5.73 Å². The molecule has 0 radical (unpaired) electrons.